The third-order valence-corrected chi connectivity index (χ3v) is 3.83. The van der Waals surface area contributed by atoms with Gasteiger partial charge in [0.25, 0.3) is 5.91 Å². The molecule has 1 rings (SSSR count). The van der Waals surface area contributed by atoms with Crippen LogP contribution in [0.3, 0.4) is 0 Å². The van der Waals surface area contributed by atoms with Crippen molar-refractivity contribution in [2.75, 3.05) is 6.54 Å². The maximum Gasteiger partial charge on any atom is 0.322 e. The Morgan fingerprint density at radius 1 is 1.25 bits per heavy atom. The first-order valence-electron chi connectivity index (χ1n) is 8.16. The zero-order valence-electron chi connectivity index (χ0n) is 14.8. The molecule has 136 valence electrons. The number of hydrogen-bond donors (Lipinski definition) is 4. The molecule has 0 aliphatic carbocycles. The van der Waals surface area contributed by atoms with Gasteiger partial charge in [-0.2, -0.15) is 0 Å². The van der Waals surface area contributed by atoms with Crippen LogP contribution >= 0.6 is 0 Å². The zero-order chi connectivity index (χ0) is 18.4. The standard InChI is InChI=1S/C16H28N4O4/c1-9(2)13(17-10(3)4)14(21)18-11(5)15(22)20-8-6-7-12(19-20)16(23)24/h9,11-13,17,19H,3,6-8H2,1-2,4-5H3,(H,18,21)(H,23,24)/t11-,12-,13?/m0/s1. The van der Waals surface area contributed by atoms with Crippen molar-refractivity contribution in [2.45, 2.75) is 58.7 Å². The van der Waals surface area contributed by atoms with Crippen LogP contribution in [0.25, 0.3) is 0 Å². The maximum atomic E-state index is 12.4. The van der Waals surface area contributed by atoms with E-state index in [1.54, 1.807) is 13.8 Å². The number of carboxylic acid groups (broad SMARTS) is 1. The van der Waals surface area contributed by atoms with E-state index in [1.807, 2.05) is 13.8 Å². The fourth-order valence-electron chi connectivity index (χ4n) is 2.52. The van der Waals surface area contributed by atoms with E-state index < -0.39 is 24.1 Å². The molecule has 1 heterocycles. The average Bonchev–Trinajstić information content (AvgIpc) is 2.51. The number of aliphatic carboxylic acids is 1. The highest BCUT2D eigenvalue weighted by atomic mass is 16.4. The Morgan fingerprint density at radius 2 is 1.88 bits per heavy atom. The molecule has 4 N–H and O–H groups in total. The number of hydrazine groups is 1. The Hall–Kier alpha value is -2.09. The van der Waals surface area contributed by atoms with Crippen LogP contribution in [-0.2, 0) is 14.4 Å². The molecule has 1 unspecified atom stereocenters. The Balaban J connectivity index is 2.66. The third kappa shape index (κ3) is 5.52. The van der Waals surface area contributed by atoms with Gasteiger partial charge in [-0.25, -0.2) is 5.43 Å². The summed E-state index contributed by atoms with van der Waals surface area (Å²) in [6.07, 6.45) is 1.07. The molecule has 2 amide bonds. The van der Waals surface area contributed by atoms with Gasteiger partial charge in [-0.1, -0.05) is 20.4 Å². The maximum absolute atomic E-state index is 12.4. The molecule has 0 saturated carbocycles. The van der Waals surface area contributed by atoms with Crippen molar-refractivity contribution in [2.24, 2.45) is 5.92 Å². The van der Waals surface area contributed by atoms with Gasteiger partial charge in [0.2, 0.25) is 5.91 Å². The van der Waals surface area contributed by atoms with Gasteiger partial charge in [0.1, 0.15) is 18.1 Å². The van der Waals surface area contributed by atoms with Gasteiger partial charge >= 0.3 is 5.97 Å². The lowest BCUT2D eigenvalue weighted by Gasteiger charge is -2.34. The van der Waals surface area contributed by atoms with Gasteiger partial charge in [-0.3, -0.25) is 19.4 Å². The number of carbonyl (C=O) groups is 3. The molecule has 0 aromatic heterocycles. The smallest absolute Gasteiger partial charge is 0.322 e. The van der Waals surface area contributed by atoms with Crippen molar-refractivity contribution < 1.29 is 19.5 Å². The Kier molecular flexibility index (Phi) is 7.21. The molecule has 0 radical (unpaired) electrons. The highest BCUT2D eigenvalue weighted by Gasteiger charge is 2.31. The van der Waals surface area contributed by atoms with Crippen molar-refractivity contribution in [1.29, 1.82) is 0 Å². The quantitative estimate of drug-likeness (QED) is 0.528. The van der Waals surface area contributed by atoms with Crippen molar-refractivity contribution in [3.8, 4) is 0 Å². The van der Waals surface area contributed by atoms with E-state index >= 15 is 0 Å². The van der Waals surface area contributed by atoms with Gasteiger partial charge < -0.3 is 15.7 Å². The monoisotopic (exact) mass is 340 g/mol. The summed E-state index contributed by atoms with van der Waals surface area (Å²) in [5.74, 6) is -1.61. The summed E-state index contributed by atoms with van der Waals surface area (Å²) in [5, 5.41) is 16.0. The van der Waals surface area contributed by atoms with E-state index in [1.165, 1.54) is 5.01 Å². The fraction of sp³-hybridized carbons (Fsp3) is 0.688. The molecule has 1 saturated heterocycles. The first-order valence-corrected chi connectivity index (χ1v) is 8.16. The molecule has 0 spiro atoms. The topological polar surface area (TPSA) is 111 Å². The third-order valence-electron chi connectivity index (χ3n) is 3.83. The van der Waals surface area contributed by atoms with E-state index in [0.29, 0.717) is 25.1 Å². The Morgan fingerprint density at radius 3 is 2.38 bits per heavy atom. The van der Waals surface area contributed by atoms with E-state index in [-0.39, 0.29) is 17.7 Å². The van der Waals surface area contributed by atoms with E-state index in [4.69, 9.17) is 5.11 Å². The molecule has 8 nitrogen and oxygen atoms in total. The Bertz CT molecular complexity index is 506. The van der Waals surface area contributed by atoms with Gasteiger partial charge in [-0.05, 0) is 32.6 Å². The number of nitrogens with one attached hydrogen (secondary N) is 3. The van der Waals surface area contributed by atoms with E-state index in [0.717, 1.165) is 0 Å². The molecular weight excluding hydrogens is 312 g/mol. The number of amides is 2. The summed E-state index contributed by atoms with van der Waals surface area (Å²) in [4.78, 5) is 35.9. The second kappa shape index (κ2) is 8.68. The molecule has 8 heteroatoms. The summed E-state index contributed by atoms with van der Waals surface area (Å²) in [7, 11) is 0. The molecule has 1 aliphatic rings. The van der Waals surface area contributed by atoms with Crippen molar-refractivity contribution in [3.05, 3.63) is 12.3 Å². The van der Waals surface area contributed by atoms with Crippen molar-refractivity contribution in [1.82, 2.24) is 21.1 Å². The van der Waals surface area contributed by atoms with E-state index in [2.05, 4.69) is 22.6 Å². The predicted octanol–water partition coefficient (Wildman–Crippen LogP) is 0.219. The summed E-state index contributed by atoms with van der Waals surface area (Å²) in [6.45, 7) is 11.3. The van der Waals surface area contributed by atoms with Crippen LogP contribution in [0.15, 0.2) is 12.3 Å². The lowest BCUT2D eigenvalue weighted by atomic mass is 10.0. The molecular formula is C16H28N4O4. The molecule has 0 aromatic carbocycles. The molecule has 0 bridgehead atoms. The summed E-state index contributed by atoms with van der Waals surface area (Å²) in [5.41, 5.74) is 3.37. The van der Waals surface area contributed by atoms with Gasteiger partial charge in [0.15, 0.2) is 0 Å². The lowest BCUT2D eigenvalue weighted by Crippen LogP contribution is -2.60. The van der Waals surface area contributed by atoms with Crippen LogP contribution in [-0.4, -0.2) is 52.6 Å². The molecule has 1 fully saturated rings. The minimum atomic E-state index is -0.991. The average molecular weight is 340 g/mol. The normalized spacial score (nSPS) is 20.2. The second-order valence-electron chi connectivity index (χ2n) is 6.53. The van der Waals surface area contributed by atoms with Crippen LogP contribution in [0.4, 0.5) is 0 Å². The molecule has 0 aromatic rings. The lowest BCUT2D eigenvalue weighted by molar-refractivity contribution is -0.148. The highest BCUT2D eigenvalue weighted by molar-refractivity contribution is 5.89. The molecule has 3 atom stereocenters. The largest absolute Gasteiger partial charge is 0.480 e. The van der Waals surface area contributed by atoms with Crippen LogP contribution in [0.2, 0.25) is 0 Å². The van der Waals surface area contributed by atoms with Gasteiger partial charge in [0.05, 0.1) is 0 Å². The van der Waals surface area contributed by atoms with Crippen LogP contribution < -0.4 is 16.1 Å². The summed E-state index contributed by atoms with van der Waals surface area (Å²) >= 11 is 0. The minimum absolute atomic E-state index is 0.0218. The number of nitrogens with zero attached hydrogens (tertiary/aromatic N) is 1. The highest BCUT2D eigenvalue weighted by Crippen LogP contribution is 2.09. The van der Waals surface area contributed by atoms with Crippen molar-refractivity contribution in [3.63, 3.8) is 0 Å². The summed E-state index contributed by atoms with van der Waals surface area (Å²) in [6, 6.07) is -2.02. The number of allylic oxidation sites excluding steroid dienone is 1. The first kappa shape index (κ1) is 20.0. The van der Waals surface area contributed by atoms with Crippen LogP contribution in [0.1, 0.15) is 40.5 Å². The number of carbonyl (C=O) groups excluding carboxylic acids is 2. The predicted molar refractivity (Wildman–Crippen MR) is 89.7 cm³/mol. The second-order valence-corrected chi connectivity index (χ2v) is 6.53. The van der Waals surface area contributed by atoms with Crippen molar-refractivity contribution >= 4 is 17.8 Å². The fourth-order valence-corrected chi connectivity index (χ4v) is 2.52. The first-order chi connectivity index (χ1) is 11.1. The number of carboxylic acids is 1. The Labute approximate surface area is 142 Å². The van der Waals surface area contributed by atoms with E-state index in [9.17, 15) is 14.4 Å². The van der Waals surface area contributed by atoms with Gasteiger partial charge in [-0.15, -0.1) is 0 Å². The van der Waals surface area contributed by atoms with Gasteiger partial charge in [0, 0.05) is 12.2 Å². The minimum Gasteiger partial charge on any atom is -0.480 e. The number of hydrogen-bond acceptors (Lipinski definition) is 5. The van der Waals surface area contributed by atoms with Crippen LogP contribution in [0, 0.1) is 5.92 Å². The van der Waals surface area contributed by atoms with Crippen LogP contribution in [0.5, 0.6) is 0 Å². The molecule has 24 heavy (non-hydrogen) atoms. The number of rotatable bonds is 7. The molecule has 1 aliphatic heterocycles. The zero-order valence-corrected chi connectivity index (χ0v) is 14.8. The summed E-state index contributed by atoms with van der Waals surface area (Å²) < 4.78 is 0. The SMILES string of the molecule is C=C(C)NC(C(=O)N[C@@H](C)C(=O)N1CCC[C@@H](C(=O)O)N1)C(C)C.